The molecule has 1 heterocycles. The van der Waals surface area contributed by atoms with Gasteiger partial charge in [-0.15, -0.1) is 0 Å². The van der Waals surface area contributed by atoms with Crippen LogP contribution in [0.2, 0.25) is 0 Å². The second kappa shape index (κ2) is 4.97. The molecule has 0 spiro atoms. The summed E-state index contributed by atoms with van der Waals surface area (Å²) in [7, 11) is 0. The molecule has 0 saturated carbocycles. The Morgan fingerprint density at radius 3 is 2.33 bits per heavy atom. The van der Waals surface area contributed by atoms with Crippen LogP contribution in [0.5, 0.6) is 0 Å². The quantitative estimate of drug-likeness (QED) is 0.782. The number of aliphatic carboxylic acids is 1. The fourth-order valence-electron chi connectivity index (χ4n) is 2.34. The summed E-state index contributed by atoms with van der Waals surface area (Å²) in [4.78, 5) is 11.3. The van der Waals surface area contributed by atoms with E-state index in [9.17, 15) is 9.90 Å². The molecule has 3 nitrogen and oxygen atoms in total. The Balaban J connectivity index is 2.72. The highest BCUT2D eigenvalue weighted by molar-refractivity contribution is 5.71. The molecule has 1 atom stereocenters. The molecule has 0 aromatic rings. The molecule has 0 aromatic carbocycles. The van der Waals surface area contributed by atoms with Crippen molar-refractivity contribution in [1.82, 2.24) is 0 Å². The lowest BCUT2D eigenvalue weighted by Gasteiger charge is -2.39. The molecule has 3 heteroatoms. The van der Waals surface area contributed by atoms with Crippen molar-refractivity contribution in [1.29, 1.82) is 0 Å². The first-order valence-electron chi connectivity index (χ1n) is 5.76. The van der Waals surface area contributed by atoms with E-state index in [0.29, 0.717) is 19.1 Å². The van der Waals surface area contributed by atoms with Crippen LogP contribution in [0.3, 0.4) is 0 Å². The molecule has 1 unspecified atom stereocenters. The molecule has 1 aliphatic heterocycles. The summed E-state index contributed by atoms with van der Waals surface area (Å²) in [5.74, 6) is -0.430. The van der Waals surface area contributed by atoms with E-state index in [1.54, 1.807) is 0 Å². The van der Waals surface area contributed by atoms with Crippen LogP contribution in [-0.4, -0.2) is 24.3 Å². The molecular formula is C12H22O3. The average molecular weight is 214 g/mol. The molecule has 88 valence electrons. The number of hydrogen-bond donors (Lipinski definition) is 1. The molecule has 1 N–H and O–H groups in total. The van der Waals surface area contributed by atoms with Crippen LogP contribution >= 0.6 is 0 Å². The van der Waals surface area contributed by atoms with Crippen LogP contribution in [0.1, 0.15) is 40.0 Å². The zero-order valence-electron chi connectivity index (χ0n) is 9.95. The second-order valence-electron chi connectivity index (χ2n) is 5.29. The lowest BCUT2D eigenvalue weighted by atomic mass is 9.68. The lowest BCUT2D eigenvalue weighted by molar-refractivity contribution is -0.150. The van der Waals surface area contributed by atoms with E-state index in [1.165, 1.54) is 0 Å². The van der Waals surface area contributed by atoms with Gasteiger partial charge in [0.1, 0.15) is 0 Å². The largest absolute Gasteiger partial charge is 0.481 e. The van der Waals surface area contributed by atoms with Crippen LogP contribution in [0, 0.1) is 17.3 Å². The lowest BCUT2D eigenvalue weighted by Crippen LogP contribution is -2.39. The third-order valence-corrected chi connectivity index (χ3v) is 3.48. The number of carboxylic acid groups (broad SMARTS) is 1. The molecule has 1 fully saturated rings. The fraction of sp³-hybridized carbons (Fsp3) is 0.917. The van der Waals surface area contributed by atoms with Gasteiger partial charge >= 0.3 is 5.97 Å². The van der Waals surface area contributed by atoms with E-state index < -0.39 is 5.97 Å². The molecule has 0 bridgehead atoms. The Morgan fingerprint density at radius 2 is 1.93 bits per heavy atom. The Hall–Kier alpha value is -0.570. The van der Waals surface area contributed by atoms with E-state index in [0.717, 1.165) is 19.3 Å². The third kappa shape index (κ3) is 3.20. The van der Waals surface area contributed by atoms with E-state index >= 15 is 0 Å². The van der Waals surface area contributed by atoms with Gasteiger partial charge in [-0.2, -0.15) is 0 Å². The maximum atomic E-state index is 11.3. The highest BCUT2D eigenvalue weighted by atomic mass is 16.5. The number of carboxylic acids is 1. The highest BCUT2D eigenvalue weighted by Crippen LogP contribution is 2.40. The molecule has 1 aliphatic rings. The smallest absolute Gasteiger partial charge is 0.307 e. The fourth-order valence-corrected chi connectivity index (χ4v) is 2.34. The van der Waals surface area contributed by atoms with Gasteiger partial charge in [0.2, 0.25) is 0 Å². The summed E-state index contributed by atoms with van der Waals surface area (Å²) >= 11 is 0. The van der Waals surface area contributed by atoms with Gasteiger partial charge in [0.25, 0.3) is 0 Å². The summed E-state index contributed by atoms with van der Waals surface area (Å²) in [5, 5.41) is 9.30. The number of ether oxygens (including phenoxy) is 1. The van der Waals surface area contributed by atoms with Crippen LogP contribution in [-0.2, 0) is 9.53 Å². The maximum absolute atomic E-state index is 11.3. The average Bonchev–Trinajstić information content (AvgIpc) is 2.14. The van der Waals surface area contributed by atoms with Crippen LogP contribution in [0.4, 0.5) is 0 Å². The Kier molecular flexibility index (Phi) is 4.14. The van der Waals surface area contributed by atoms with Gasteiger partial charge in [0, 0.05) is 13.2 Å². The number of hydrogen-bond acceptors (Lipinski definition) is 2. The first-order chi connectivity index (χ1) is 6.96. The van der Waals surface area contributed by atoms with E-state index in [-0.39, 0.29) is 11.3 Å². The summed E-state index contributed by atoms with van der Waals surface area (Å²) < 4.78 is 5.31. The van der Waals surface area contributed by atoms with Crippen molar-refractivity contribution in [3.8, 4) is 0 Å². The predicted molar refractivity (Wildman–Crippen MR) is 58.7 cm³/mol. The van der Waals surface area contributed by atoms with Gasteiger partial charge in [-0.1, -0.05) is 20.8 Å². The second-order valence-corrected chi connectivity index (χ2v) is 5.29. The van der Waals surface area contributed by atoms with Crippen molar-refractivity contribution in [2.45, 2.75) is 40.0 Å². The normalized spacial score (nSPS) is 22.7. The minimum absolute atomic E-state index is 0.0750. The van der Waals surface area contributed by atoms with Crippen molar-refractivity contribution in [3.05, 3.63) is 0 Å². The highest BCUT2D eigenvalue weighted by Gasteiger charge is 2.40. The van der Waals surface area contributed by atoms with Crippen molar-refractivity contribution < 1.29 is 14.6 Å². The maximum Gasteiger partial charge on any atom is 0.307 e. The summed E-state index contributed by atoms with van der Waals surface area (Å²) in [5.41, 5.74) is -0.0750. The van der Waals surface area contributed by atoms with E-state index in [4.69, 9.17) is 4.74 Å². The molecule has 1 saturated heterocycles. The standard InChI is InChI=1S/C12H22O3/c1-9(2)8-10(11(13)14)12(3)4-6-15-7-5-12/h9-10H,4-8H2,1-3H3,(H,13,14). The van der Waals surface area contributed by atoms with Gasteiger partial charge in [-0.05, 0) is 30.6 Å². The third-order valence-electron chi connectivity index (χ3n) is 3.48. The minimum Gasteiger partial charge on any atom is -0.481 e. The Morgan fingerprint density at radius 1 is 1.40 bits per heavy atom. The van der Waals surface area contributed by atoms with Crippen LogP contribution in [0.15, 0.2) is 0 Å². The molecule has 15 heavy (non-hydrogen) atoms. The predicted octanol–water partition coefficient (Wildman–Crippen LogP) is 2.55. The molecule has 0 amide bonds. The number of rotatable bonds is 4. The van der Waals surface area contributed by atoms with E-state index in [2.05, 4.69) is 20.8 Å². The summed E-state index contributed by atoms with van der Waals surface area (Å²) in [6, 6.07) is 0. The van der Waals surface area contributed by atoms with Crippen molar-refractivity contribution in [2.75, 3.05) is 13.2 Å². The topological polar surface area (TPSA) is 46.5 Å². The van der Waals surface area contributed by atoms with Gasteiger partial charge in [-0.3, -0.25) is 4.79 Å². The Bertz CT molecular complexity index is 217. The molecule has 1 rings (SSSR count). The summed E-state index contributed by atoms with van der Waals surface area (Å²) in [6.07, 6.45) is 2.51. The van der Waals surface area contributed by atoms with Gasteiger partial charge < -0.3 is 9.84 Å². The van der Waals surface area contributed by atoms with Gasteiger partial charge in [0.15, 0.2) is 0 Å². The van der Waals surface area contributed by atoms with Crippen molar-refractivity contribution >= 4 is 5.97 Å². The first-order valence-corrected chi connectivity index (χ1v) is 5.76. The molecular weight excluding hydrogens is 192 g/mol. The monoisotopic (exact) mass is 214 g/mol. The van der Waals surface area contributed by atoms with Crippen molar-refractivity contribution in [3.63, 3.8) is 0 Å². The van der Waals surface area contributed by atoms with Crippen LogP contribution < -0.4 is 0 Å². The SMILES string of the molecule is CC(C)CC(C(=O)O)C1(C)CCOCC1. The molecule has 0 aromatic heterocycles. The van der Waals surface area contributed by atoms with E-state index in [1.807, 2.05) is 0 Å². The van der Waals surface area contributed by atoms with Gasteiger partial charge in [0.05, 0.1) is 5.92 Å². The number of carbonyl (C=O) groups is 1. The molecule has 0 aliphatic carbocycles. The summed E-state index contributed by atoms with van der Waals surface area (Å²) in [6.45, 7) is 7.67. The van der Waals surface area contributed by atoms with Crippen molar-refractivity contribution in [2.24, 2.45) is 17.3 Å². The zero-order valence-corrected chi connectivity index (χ0v) is 9.95. The molecule has 0 radical (unpaired) electrons. The minimum atomic E-state index is -0.645. The van der Waals surface area contributed by atoms with Crippen LogP contribution in [0.25, 0.3) is 0 Å². The zero-order chi connectivity index (χ0) is 11.5. The first kappa shape index (κ1) is 12.5. The Labute approximate surface area is 91.8 Å². The van der Waals surface area contributed by atoms with Gasteiger partial charge in [-0.25, -0.2) is 0 Å².